The highest BCUT2D eigenvalue weighted by molar-refractivity contribution is 5.47. The van der Waals surface area contributed by atoms with E-state index in [0.29, 0.717) is 6.42 Å². The fourth-order valence-corrected chi connectivity index (χ4v) is 1.94. The van der Waals surface area contributed by atoms with Crippen LogP contribution in [0.3, 0.4) is 0 Å². The standard InChI is InChI=1S/C15H21NO2/c1-5-8-12(16-11-6-2)15-13(17-3)9-7-10-14(15)18-4/h1,7,9-10,12,16H,6,8,11H2,2-4H3. The van der Waals surface area contributed by atoms with E-state index in [1.165, 1.54) is 0 Å². The molecule has 1 atom stereocenters. The van der Waals surface area contributed by atoms with Gasteiger partial charge in [-0.2, -0.15) is 0 Å². The van der Waals surface area contributed by atoms with E-state index in [2.05, 4.69) is 18.2 Å². The number of nitrogens with one attached hydrogen (secondary N) is 1. The number of hydrogen-bond donors (Lipinski definition) is 1. The van der Waals surface area contributed by atoms with E-state index in [4.69, 9.17) is 15.9 Å². The molecule has 0 saturated carbocycles. The topological polar surface area (TPSA) is 30.5 Å². The first kappa shape index (κ1) is 14.4. The number of terminal acetylenes is 1. The Balaban J connectivity index is 3.11. The smallest absolute Gasteiger partial charge is 0.127 e. The third-order valence-corrected chi connectivity index (χ3v) is 2.78. The molecule has 0 aliphatic heterocycles. The SMILES string of the molecule is C#CCC(NCCC)c1c(OC)cccc1OC. The summed E-state index contributed by atoms with van der Waals surface area (Å²) in [5, 5.41) is 3.43. The second kappa shape index (κ2) is 7.62. The van der Waals surface area contributed by atoms with Crippen LogP contribution in [0.25, 0.3) is 0 Å². The zero-order valence-electron chi connectivity index (χ0n) is 11.3. The Morgan fingerprint density at radius 2 is 1.89 bits per heavy atom. The second-order valence-corrected chi connectivity index (χ2v) is 3.99. The summed E-state index contributed by atoms with van der Waals surface area (Å²) in [7, 11) is 3.32. The minimum absolute atomic E-state index is 0.0565. The van der Waals surface area contributed by atoms with Gasteiger partial charge in [0.15, 0.2) is 0 Å². The zero-order valence-corrected chi connectivity index (χ0v) is 11.3. The lowest BCUT2D eigenvalue weighted by molar-refractivity contribution is 0.371. The second-order valence-electron chi connectivity index (χ2n) is 3.99. The molecule has 0 saturated heterocycles. The van der Waals surface area contributed by atoms with Gasteiger partial charge in [-0.15, -0.1) is 12.3 Å². The van der Waals surface area contributed by atoms with E-state index < -0.39 is 0 Å². The first-order valence-electron chi connectivity index (χ1n) is 6.16. The lowest BCUT2D eigenvalue weighted by Gasteiger charge is -2.21. The van der Waals surface area contributed by atoms with Crippen molar-refractivity contribution < 1.29 is 9.47 Å². The van der Waals surface area contributed by atoms with Crippen molar-refractivity contribution in [1.29, 1.82) is 0 Å². The summed E-state index contributed by atoms with van der Waals surface area (Å²) in [5.41, 5.74) is 0.994. The van der Waals surface area contributed by atoms with Crippen molar-refractivity contribution in [2.24, 2.45) is 0 Å². The van der Waals surface area contributed by atoms with Crippen molar-refractivity contribution >= 4 is 0 Å². The fourth-order valence-electron chi connectivity index (χ4n) is 1.94. The molecule has 18 heavy (non-hydrogen) atoms. The van der Waals surface area contributed by atoms with Crippen molar-refractivity contribution in [3.05, 3.63) is 23.8 Å². The largest absolute Gasteiger partial charge is 0.496 e. The Morgan fingerprint density at radius 1 is 1.28 bits per heavy atom. The van der Waals surface area contributed by atoms with Crippen molar-refractivity contribution in [2.45, 2.75) is 25.8 Å². The third-order valence-electron chi connectivity index (χ3n) is 2.78. The van der Waals surface area contributed by atoms with Gasteiger partial charge in [0.1, 0.15) is 11.5 Å². The monoisotopic (exact) mass is 247 g/mol. The van der Waals surface area contributed by atoms with E-state index in [-0.39, 0.29) is 6.04 Å². The van der Waals surface area contributed by atoms with E-state index in [0.717, 1.165) is 30.0 Å². The molecule has 1 N–H and O–H groups in total. The lowest BCUT2D eigenvalue weighted by Crippen LogP contribution is -2.22. The van der Waals surface area contributed by atoms with Crippen molar-refractivity contribution in [2.75, 3.05) is 20.8 Å². The molecule has 0 heterocycles. The summed E-state index contributed by atoms with van der Waals surface area (Å²) >= 11 is 0. The molecule has 1 rings (SSSR count). The Labute approximate surface area is 109 Å². The van der Waals surface area contributed by atoms with Gasteiger partial charge in [-0.05, 0) is 25.1 Å². The normalized spacial score (nSPS) is 11.7. The highest BCUT2D eigenvalue weighted by atomic mass is 16.5. The van der Waals surface area contributed by atoms with Gasteiger partial charge >= 0.3 is 0 Å². The van der Waals surface area contributed by atoms with Crippen LogP contribution in [0.15, 0.2) is 18.2 Å². The highest BCUT2D eigenvalue weighted by Crippen LogP contribution is 2.35. The summed E-state index contributed by atoms with van der Waals surface area (Å²) in [6.45, 7) is 3.03. The van der Waals surface area contributed by atoms with E-state index >= 15 is 0 Å². The molecule has 0 aromatic heterocycles. The van der Waals surface area contributed by atoms with Crippen molar-refractivity contribution in [3.8, 4) is 23.8 Å². The van der Waals surface area contributed by atoms with Gasteiger partial charge < -0.3 is 14.8 Å². The molecule has 0 aliphatic carbocycles. The highest BCUT2D eigenvalue weighted by Gasteiger charge is 2.19. The van der Waals surface area contributed by atoms with Gasteiger partial charge in [0.2, 0.25) is 0 Å². The average molecular weight is 247 g/mol. The fraction of sp³-hybridized carbons (Fsp3) is 0.467. The van der Waals surface area contributed by atoms with Gasteiger partial charge in [0.05, 0.1) is 25.8 Å². The van der Waals surface area contributed by atoms with Crippen molar-refractivity contribution in [3.63, 3.8) is 0 Å². The number of hydrogen-bond acceptors (Lipinski definition) is 3. The van der Waals surface area contributed by atoms with Gasteiger partial charge in [0, 0.05) is 6.42 Å². The summed E-state index contributed by atoms with van der Waals surface area (Å²) in [6, 6.07) is 5.82. The van der Waals surface area contributed by atoms with Crippen LogP contribution in [0.4, 0.5) is 0 Å². The molecule has 0 radical (unpaired) electrons. The molecule has 3 nitrogen and oxygen atoms in total. The molecule has 3 heteroatoms. The van der Waals surface area contributed by atoms with Gasteiger partial charge in [0.25, 0.3) is 0 Å². The molecule has 0 aliphatic rings. The summed E-state index contributed by atoms with van der Waals surface area (Å²) in [4.78, 5) is 0. The molecular weight excluding hydrogens is 226 g/mol. The van der Waals surface area contributed by atoms with Crippen LogP contribution < -0.4 is 14.8 Å². The Kier molecular flexibility index (Phi) is 6.10. The zero-order chi connectivity index (χ0) is 13.4. The molecule has 0 spiro atoms. The van der Waals surface area contributed by atoms with Gasteiger partial charge in [-0.1, -0.05) is 13.0 Å². The first-order valence-corrected chi connectivity index (χ1v) is 6.16. The molecular formula is C15H21NO2. The minimum atomic E-state index is 0.0565. The molecule has 1 aromatic rings. The van der Waals surface area contributed by atoms with E-state index in [9.17, 15) is 0 Å². The third kappa shape index (κ3) is 3.41. The van der Waals surface area contributed by atoms with Crippen LogP contribution in [0.2, 0.25) is 0 Å². The molecule has 1 aromatic carbocycles. The quantitative estimate of drug-likeness (QED) is 0.752. The van der Waals surface area contributed by atoms with Crippen LogP contribution in [0, 0.1) is 12.3 Å². The van der Waals surface area contributed by atoms with Gasteiger partial charge in [-0.25, -0.2) is 0 Å². The first-order chi connectivity index (χ1) is 8.78. The maximum atomic E-state index is 5.45. The summed E-state index contributed by atoms with van der Waals surface area (Å²) < 4.78 is 10.8. The predicted octanol–water partition coefficient (Wildman–Crippen LogP) is 2.77. The maximum absolute atomic E-state index is 5.45. The summed E-state index contributed by atoms with van der Waals surface area (Å²) in [6.07, 6.45) is 7.11. The summed E-state index contributed by atoms with van der Waals surface area (Å²) in [5.74, 6) is 4.31. The minimum Gasteiger partial charge on any atom is -0.496 e. The van der Waals surface area contributed by atoms with Crippen LogP contribution in [0.1, 0.15) is 31.4 Å². The number of rotatable bonds is 7. The van der Waals surface area contributed by atoms with E-state index in [1.807, 2.05) is 18.2 Å². The Hall–Kier alpha value is -1.66. The Morgan fingerprint density at radius 3 is 2.33 bits per heavy atom. The molecule has 1 unspecified atom stereocenters. The number of ether oxygens (including phenoxy) is 2. The molecule has 0 fully saturated rings. The van der Waals surface area contributed by atoms with Crippen LogP contribution in [0.5, 0.6) is 11.5 Å². The number of methoxy groups -OCH3 is 2. The van der Waals surface area contributed by atoms with Gasteiger partial charge in [-0.3, -0.25) is 0 Å². The van der Waals surface area contributed by atoms with Crippen LogP contribution in [-0.4, -0.2) is 20.8 Å². The predicted molar refractivity (Wildman–Crippen MR) is 74.0 cm³/mol. The lowest BCUT2D eigenvalue weighted by atomic mass is 10.0. The maximum Gasteiger partial charge on any atom is 0.127 e. The molecule has 98 valence electrons. The van der Waals surface area contributed by atoms with Crippen LogP contribution in [-0.2, 0) is 0 Å². The number of benzene rings is 1. The van der Waals surface area contributed by atoms with Crippen molar-refractivity contribution in [1.82, 2.24) is 5.32 Å². The van der Waals surface area contributed by atoms with E-state index in [1.54, 1.807) is 14.2 Å². The average Bonchev–Trinajstić information content (AvgIpc) is 2.42. The molecule has 0 bridgehead atoms. The Bertz CT molecular complexity index is 387. The molecule has 0 amide bonds. The van der Waals surface area contributed by atoms with Crippen LogP contribution >= 0.6 is 0 Å².